The number of aliphatic hydroxyl groups is 2. The maximum absolute atomic E-state index is 12.9. The second kappa shape index (κ2) is 66.5. The first-order valence-corrected chi connectivity index (χ1v) is 38.5. The molecule has 0 aliphatic carbocycles. The van der Waals surface area contributed by atoms with E-state index in [9.17, 15) is 43.5 Å². The van der Waals surface area contributed by atoms with Crippen LogP contribution in [0.15, 0.2) is 97.2 Å². The first kappa shape index (κ1) is 87.5. The van der Waals surface area contributed by atoms with Gasteiger partial charge in [0.2, 0.25) is 0 Å². The van der Waals surface area contributed by atoms with Gasteiger partial charge in [-0.2, -0.15) is 0 Å². The Morgan fingerprint density at radius 1 is 0.308 bits per heavy atom. The van der Waals surface area contributed by atoms with E-state index >= 15 is 0 Å². The molecule has 0 amide bonds. The average molecular weight is 1320 g/mol. The lowest BCUT2D eigenvalue weighted by Crippen LogP contribution is -2.30. The molecule has 0 rings (SSSR count). The van der Waals surface area contributed by atoms with Crippen LogP contribution in [0.25, 0.3) is 0 Å². The fraction of sp³-hybridized carbons (Fsp3) is 0.740. The molecule has 0 heterocycles. The minimum Gasteiger partial charge on any atom is -0.463 e. The highest BCUT2D eigenvalue weighted by molar-refractivity contribution is 7.47. The van der Waals surface area contributed by atoms with Crippen LogP contribution in [-0.4, -0.2) is 95.9 Å². The Morgan fingerprint density at radius 3 is 0.901 bits per heavy atom. The van der Waals surface area contributed by atoms with Gasteiger partial charge in [0.15, 0.2) is 6.10 Å². The molecule has 0 fully saturated rings. The lowest BCUT2D eigenvalue weighted by atomic mass is 10.1. The van der Waals surface area contributed by atoms with E-state index in [2.05, 4.69) is 118 Å². The van der Waals surface area contributed by atoms with E-state index in [1.807, 2.05) is 0 Å². The summed E-state index contributed by atoms with van der Waals surface area (Å²) < 4.78 is 60.9. The third kappa shape index (κ3) is 67.7. The van der Waals surface area contributed by atoms with E-state index in [1.54, 1.807) is 0 Å². The standard InChI is InChI=1S/C73H128O16P2/c1-4-7-10-13-16-19-22-25-27-29-31-32-33-34-36-38-39-42-44-47-50-53-56-59-71(76)83-62-68(74)63-85-90(79,80)86-64-69(75)65-87-91(81,82)88-67-70(89-73(78)61-58-55-52-49-46-41-24-21-18-15-12-9-6-3)66-84-72(77)60-57-54-51-48-45-43-40-37-35-30-28-26-23-20-17-14-11-8-5-2/h16-17,19-21,24-28,31-32,34-37,68-70,74-75H,4-15,18,22-23,29-30,33,38-67H2,1-3H3,(H,79,80)(H,81,82)/b19-16-,20-17-,24-21-,27-25-,28-26-,32-31-,36-34-,37-35-. The van der Waals surface area contributed by atoms with E-state index in [1.165, 1.54) is 70.6 Å². The van der Waals surface area contributed by atoms with Gasteiger partial charge in [-0.25, -0.2) is 9.13 Å². The number of unbranched alkanes of at least 4 members (excludes halogenated alkanes) is 28. The van der Waals surface area contributed by atoms with Gasteiger partial charge in [0.1, 0.15) is 25.4 Å². The van der Waals surface area contributed by atoms with Crippen LogP contribution < -0.4 is 0 Å². The molecule has 91 heavy (non-hydrogen) atoms. The fourth-order valence-corrected chi connectivity index (χ4v) is 10.8. The maximum atomic E-state index is 12.9. The van der Waals surface area contributed by atoms with Gasteiger partial charge in [-0.1, -0.05) is 240 Å². The smallest absolute Gasteiger partial charge is 0.463 e. The summed E-state index contributed by atoms with van der Waals surface area (Å²) >= 11 is 0. The average Bonchev–Trinajstić information content (AvgIpc) is 3.74. The number of hydrogen-bond acceptors (Lipinski definition) is 14. The monoisotopic (exact) mass is 1320 g/mol. The van der Waals surface area contributed by atoms with Gasteiger partial charge in [0.25, 0.3) is 0 Å². The van der Waals surface area contributed by atoms with E-state index < -0.39 is 91.5 Å². The minimum absolute atomic E-state index is 0.0908. The number of rotatable bonds is 67. The van der Waals surface area contributed by atoms with Crippen molar-refractivity contribution >= 4 is 33.6 Å². The molecule has 16 nitrogen and oxygen atoms in total. The summed E-state index contributed by atoms with van der Waals surface area (Å²) in [5.41, 5.74) is 0. The number of ether oxygens (including phenoxy) is 3. The molecule has 0 bridgehead atoms. The van der Waals surface area contributed by atoms with Gasteiger partial charge >= 0.3 is 33.6 Å². The van der Waals surface area contributed by atoms with Crippen LogP contribution in [0.3, 0.4) is 0 Å². The Labute approximate surface area is 552 Å². The number of carbonyl (C=O) groups is 3. The summed E-state index contributed by atoms with van der Waals surface area (Å²) in [4.78, 5) is 58.4. The van der Waals surface area contributed by atoms with E-state index in [4.69, 9.17) is 32.3 Å². The topological polar surface area (TPSA) is 231 Å². The van der Waals surface area contributed by atoms with E-state index in [0.717, 1.165) is 161 Å². The summed E-state index contributed by atoms with van der Waals surface area (Å²) in [6, 6.07) is 0. The Balaban J connectivity index is 4.61. The second-order valence-corrected chi connectivity index (χ2v) is 26.6. The van der Waals surface area contributed by atoms with Crippen molar-refractivity contribution in [1.82, 2.24) is 0 Å². The summed E-state index contributed by atoms with van der Waals surface area (Å²) in [5, 5.41) is 20.6. The molecular weight excluding hydrogens is 1190 g/mol. The molecule has 0 aromatic heterocycles. The number of phosphoric acid groups is 2. The van der Waals surface area contributed by atoms with Crippen molar-refractivity contribution in [2.24, 2.45) is 0 Å². The van der Waals surface area contributed by atoms with Crippen molar-refractivity contribution in [2.45, 2.75) is 309 Å². The van der Waals surface area contributed by atoms with Crippen molar-refractivity contribution < 1.29 is 75.8 Å². The molecule has 0 spiro atoms. The van der Waals surface area contributed by atoms with Crippen LogP contribution in [0.5, 0.6) is 0 Å². The maximum Gasteiger partial charge on any atom is 0.472 e. The van der Waals surface area contributed by atoms with Crippen molar-refractivity contribution in [3.05, 3.63) is 97.2 Å². The van der Waals surface area contributed by atoms with E-state index in [0.29, 0.717) is 19.3 Å². The lowest BCUT2D eigenvalue weighted by molar-refractivity contribution is -0.161. The Hall–Kier alpha value is -3.53. The first-order chi connectivity index (χ1) is 44.2. The van der Waals surface area contributed by atoms with Crippen LogP contribution in [0.1, 0.15) is 290 Å². The normalized spacial score (nSPS) is 14.8. The van der Waals surface area contributed by atoms with E-state index in [-0.39, 0.29) is 19.3 Å². The SMILES string of the molecule is CCCCC/C=C\C/C=C\C/C=C\C/C=C\CCCCCCCCCC(=O)OCC(O)COP(=O)(O)OCC(O)COP(=O)(O)OCC(COC(=O)CCCCCCCC/C=C\C/C=C\C/C=C\CCCCC)OC(=O)CCCCCCC/C=C\CCCCCC. The molecule has 0 saturated carbocycles. The Kier molecular flexibility index (Phi) is 63.9. The van der Waals surface area contributed by atoms with Crippen molar-refractivity contribution in [3.8, 4) is 0 Å². The summed E-state index contributed by atoms with van der Waals surface area (Å²) in [6.07, 6.45) is 73.1. The zero-order valence-corrected chi connectivity index (χ0v) is 58.8. The number of carbonyl (C=O) groups excluding carboxylic acids is 3. The van der Waals surface area contributed by atoms with Crippen molar-refractivity contribution in [1.29, 1.82) is 0 Å². The highest BCUT2D eigenvalue weighted by Gasteiger charge is 2.29. The van der Waals surface area contributed by atoms with Gasteiger partial charge in [-0.15, -0.1) is 0 Å². The van der Waals surface area contributed by atoms with Gasteiger partial charge < -0.3 is 34.2 Å². The number of hydrogen-bond donors (Lipinski definition) is 4. The van der Waals surface area contributed by atoms with Crippen LogP contribution in [0.2, 0.25) is 0 Å². The molecule has 0 radical (unpaired) electrons. The third-order valence-corrected chi connectivity index (χ3v) is 16.7. The zero-order valence-electron chi connectivity index (χ0n) is 57.0. The molecular formula is C73H128O16P2. The molecule has 0 saturated heterocycles. The molecule has 18 heteroatoms. The largest absolute Gasteiger partial charge is 0.472 e. The van der Waals surface area contributed by atoms with Gasteiger partial charge in [-0.05, 0) is 128 Å². The third-order valence-electron chi connectivity index (χ3n) is 14.8. The quantitative estimate of drug-likeness (QED) is 0.0146. The first-order valence-electron chi connectivity index (χ1n) is 35.5. The van der Waals surface area contributed by atoms with Gasteiger partial charge in [0.05, 0.1) is 26.4 Å². The van der Waals surface area contributed by atoms with Crippen LogP contribution in [0.4, 0.5) is 0 Å². The van der Waals surface area contributed by atoms with Crippen LogP contribution in [-0.2, 0) is 55.8 Å². The zero-order chi connectivity index (χ0) is 66.7. The Bertz CT molecular complexity index is 2050. The number of allylic oxidation sites excluding steroid dienone is 16. The fourth-order valence-electron chi connectivity index (χ4n) is 9.26. The predicted octanol–water partition coefficient (Wildman–Crippen LogP) is 19.9. The molecule has 0 aliphatic heterocycles. The predicted molar refractivity (Wildman–Crippen MR) is 371 cm³/mol. The van der Waals surface area contributed by atoms with Crippen LogP contribution >= 0.6 is 15.6 Å². The summed E-state index contributed by atoms with van der Waals surface area (Å²) in [7, 11) is -9.78. The molecule has 0 aliphatic rings. The molecule has 4 N–H and O–H groups in total. The molecule has 5 unspecified atom stereocenters. The lowest BCUT2D eigenvalue weighted by Gasteiger charge is -2.21. The molecule has 5 atom stereocenters. The summed E-state index contributed by atoms with van der Waals surface area (Å²) in [5.74, 6) is -1.61. The van der Waals surface area contributed by atoms with Crippen molar-refractivity contribution in [2.75, 3.05) is 39.6 Å². The molecule has 0 aromatic rings. The number of phosphoric ester groups is 2. The number of aliphatic hydroxyl groups excluding tert-OH is 2. The van der Waals surface area contributed by atoms with Gasteiger partial charge in [0, 0.05) is 19.3 Å². The highest BCUT2D eigenvalue weighted by atomic mass is 31.2. The second-order valence-electron chi connectivity index (χ2n) is 23.7. The van der Waals surface area contributed by atoms with Crippen molar-refractivity contribution in [3.63, 3.8) is 0 Å². The number of esters is 3. The Morgan fingerprint density at radius 2 is 0.549 bits per heavy atom. The minimum atomic E-state index is -4.93. The van der Waals surface area contributed by atoms with Gasteiger partial charge in [-0.3, -0.25) is 32.5 Å². The highest BCUT2D eigenvalue weighted by Crippen LogP contribution is 2.45. The molecule has 526 valence electrons. The molecule has 0 aromatic carbocycles. The summed E-state index contributed by atoms with van der Waals surface area (Å²) in [6.45, 7) is 2.57. The van der Waals surface area contributed by atoms with Crippen LogP contribution in [0, 0.1) is 0 Å².